The van der Waals surface area contributed by atoms with E-state index in [1.165, 1.54) is 10.9 Å². The summed E-state index contributed by atoms with van der Waals surface area (Å²) >= 11 is 0. The molecule has 3 rings (SSSR count). The number of anilines is 4. The summed E-state index contributed by atoms with van der Waals surface area (Å²) in [6.07, 6.45) is 3.06. The van der Waals surface area contributed by atoms with Gasteiger partial charge in [0.1, 0.15) is 17.5 Å². The van der Waals surface area contributed by atoms with Crippen molar-refractivity contribution >= 4 is 22.9 Å². The quantitative estimate of drug-likeness (QED) is 0.605. The molecule has 0 spiro atoms. The Kier molecular flexibility index (Phi) is 5.43. The molecule has 8 nitrogen and oxygen atoms in total. The molecular weight excluding hydrogens is 316 g/mol. The minimum atomic E-state index is 0.311. The largest absolute Gasteiger partial charge is 0.397 e. The van der Waals surface area contributed by atoms with Gasteiger partial charge in [0.25, 0.3) is 0 Å². The van der Waals surface area contributed by atoms with Crippen LogP contribution in [-0.2, 0) is 0 Å². The van der Waals surface area contributed by atoms with Crippen LogP contribution in [-0.4, -0.2) is 28.9 Å². The normalized spacial score (nSPS) is 9.64. The van der Waals surface area contributed by atoms with Crippen molar-refractivity contribution in [3.63, 3.8) is 0 Å². The van der Waals surface area contributed by atoms with Gasteiger partial charge in [-0.3, -0.25) is 0 Å². The molecule has 3 aromatic rings. The number of aromatic nitrogens is 3. The summed E-state index contributed by atoms with van der Waals surface area (Å²) in [6, 6.07) is 12.9. The first-order valence-corrected chi connectivity index (χ1v) is 7.41. The molecule has 0 saturated heterocycles. The molecule has 8 heteroatoms. The number of nitriles is 1. The number of hydrogen-bond donors (Lipinski definition) is 3. The van der Waals surface area contributed by atoms with Crippen LogP contribution in [0, 0.1) is 11.3 Å². The Labute approximate surface area is 146 Å². The minimum Gasteiger partial charge on any atom is -0.397 e. The number of nitrogens with zero attached hydrogens (tertiary/aromatic N) is 5. The predicted molar refractivity (Wildman–Crippen MR) is 100 cm³/mol. The van der Waals surface area contributed by atoms with E-state index in [0.717, 1.165) is 5.69 Å². The summed E-state index contributed by atoms with van der Waals surface area (Å²) in [6.45, 7) is 0. The Balaban J connectivity index is 0.000000186. The molecular formula is C17H20N8. The Hall–Kier alpha value is -3.73. The van der Waals surface area contributed by atoms with Gasteiger partial charge >= 0.3 is 0 Å². The van der Waals surface area contributed by atoms with Gasteiger partial charge in [-0.1, -0.05) is 6.07 Å². The van der Waals surface area contributed by atoms with E-state index in [0.29, 0.717) is 28.6 Å². The van der Waals surface area contributed by atoms with Crippen molar-refractivity contribution < 1.29 is 0 Å². The van der Waals surface area contributed by atoms with Crippen LogP contribution < -0.4 is 22.1 Å². The minimum absolute atomic E-state index is 0.311. The molecule has 0 fully saturated rings. The zero-order chi connectivity index (χ0) is 18.4. The highest BCUT2D eigenvalue weighted by Gasteiger charge is 2.08. The molecule has 2 aromatic heterocycles. The van der Waals surface area contributed by atoms with Crippen molar-refractivity contribution in [3.05, 3.63) is 54.4 Å². The molecule has 0 radical (unpaired) electrons. The lowest BCUT2D eigenvalue weighted by atomic mass is 10.2. The second-order valence-electron chi connectivity index (χ2n) is 5.36. The van der Waals surface area contributed by atoms with Gasteiger partial charge in [-0.15, -0.1) is 0 Å². The maximum atomic E-state index is 8.67. The highest BCUT2D eigenvalue weighted by atomic mass is 15.3. The standard InChI is InChI=1S/C9H7N5.C8H13N3/c10-5-7-6-13-14(9(7)11)8-3-1-2-4-12-8;1-11(2)6-3-4-7(9)8(10)5-6/h1-4,6H,11H2;3-5H,9-10H2,1-2H3. The average Bonchev–Trinajstić information content (AvgIpc) is 2.99. The Morgan fingerprint density at radius 2 is 1.84 bits per heavy atom. The molecule has 0 amide bonds. The molecule has 0 bridgehead atoms. The number of rotatable bonds is 2. The third kappa shape index (κ3) is 4.17. The lowest BCUT2D eigenvalue weighted by molar-refractivity contribution is 0.857. The summed E-state index contributed by atoms with van der Waals surface area (Å²) in [4.78, 5) is 6.05. The molecule has 1 aromatic carbocycles. The SMILES string of the molecule is CN(C)c1ccc(N)c(N)c1.N#Cc1cnn(-c2ccccn2)c1N. The van der Waals surface area contributed by atoms with Crippen LogP contribution in [0.2, 0.25) is 0 Å². The summed E-state index contributed by atoms with van der Waals surface area (Å²) in [5.41, 5.74) is 19.5. The van der Waals surface area contributed by atoms with E-state index in [1.807, 2.05) is 49.3 Å². The summed E-state index contributed by atoms with van der Waals surface area (Å²) < 4.78 is 1.43. The molecule has 0 saturated carbocycles. The number of pyridine rings is 1. The van der Waals surface area contributed by atoms with Crippen LogP contribution >= 0.6 is 0 Å². The van der Waals surface area contributed by atoms with E-state index >= 15 is 0 Å². The molecule has 6 N–H and O–H groups in total. The lowest BCUT2D eigenvalue weighted by Crippen LogP contribution is -2.09. The second-order valence-corrected chi connectivity index (χ2v) is 5.36. The van der Waals surface area contributed by atoms with E-state index in [9.17, 15) is 0 Å². The van der Waals surface area contributed by atoms with Crippen molar-refractivity contribution in [2.75, 3.05) is 36.2 Å². The number of benzene rings is 1. The Bertz CT molecular complexity index is 877. The van der Waals surface area contributed by atoms with Gasteiger partial charge in [-0.25, -0.2) is 4.98 Å². The van der Waals surface area contributed by atoms with E-state index < -0.39 is 0 Å². The van der Waals surface area contributed by atoms with Crippen molar-refractivity contribution in [2.45, 2.75) is 0 Å². The van der Waals surface area contributed by atoms with Crippen LogP contribution in [0.3, 0.4) is 0 Å². The first-order chi connectivity index (χ1) is 11.9. The molecule has 25 heavy (non-hydrogen) atoms. The fourth-order valence-corrected chi connectivity index (χ4v) is 1.95. The highest BCUT2D eigenvalue weighted by Crippen LogP contribution is 2.20. The molecule has 0 aliphatic carbocycles. The average molecular weight is 336 g/mol. The number of hydrogen-bond acceptors (Lipinski definition) is 7. The molecule has 0 aliphatic heterocycles. The van der Waals surface area contributed by atoms with Crippen LogP contribution in [0.15, 0.2) is 48.8 Å². The van der Waals surface area contributed by atoms with Gasteiger partial charge in [0.2, 0.25) is 0 Å². The fraction of sp³-hybridized carbons (Fsp3) is 0.118. The van der Waals surface area contributed by atoms with Gasteiger partial charge in [-0.2, -0.15) is 15.0 Å². The zero-order valence-electron chi connectivity index (χ0n) is 14.1. The molecule has 0 atom stereocenters. The van der Waals surface area contributed by atoms with Gasteiger partial charge in [0, 0.05) is 26.0 Å². The van der Waals surface area contributed by atoms with E-state index in [4.69, 9.17) is 22.5 Å². The van der Waals surface area contributed by atoms with Crippen LogP contribution in [0.5, 0.6) is 0 Å². The smallest absolute Gasteiger partial charge is 0.155 e. The van der Waals surface area contributed by atoms with Crippen LogP contribution in [0.25, 0.3) is 5.82 Å². The predicted octanol–water partition coefficient (Wildman–Crippen LogP) is 1.64. The number of nitrogen functional groups attached to an aromatic ring is 3. The maximum Gasteiger partial charge on any atom is 0.155 e. The maximum absolute atomic E-state index is 8.67. The molecule has 0 aliphatic rings. The Morgan fingerprint density at radius 1 is 1.08 bits per heavy atom. The third-order valence-electron chi connectivity index (χ3n) is 3.38. The van der Waals surface area contributed by atoms with Crippen molar-refractivity contribution in [3.8, 4) is 11.9 Å². The van der Waals surface area contributed by atoms with Gasteiger partial charge in [-0.05, 0) is 30.3 Å². The first-order valence-electron chi connectivity index (χ1n) is 7.41. The van der Waals surface area contributed by atoms with Crippen molar-refractivity contribution in [2.24, 2.45) is 0 Å². The van der Waals surface area contributed by atoms with Gasteiger partial charge < -0.3 is 22.1 Å². The Morgan fingerprint density at radius 3 is 2.36 bits per heavy atom. The van der Waals surface area contributed by atoms with Gasteiger partial charge in [0.05, 0.1) is 17.6 Å². The summed E-state index contributed by atoms with van der Waals surface area (Å²) in [5, 5.41) is 12.6. The van der Waals surface area contributed by atoms with E-state index in [1.54, 1.807) is 18.3 Å². The molecule has 0 unspecified atom stereocenters. The number of nitrogens with two attached hydrogens (primary N) is 3. The zero-order valence-corrected chi connectivity index (χ0v) is 14.1. The highest BCUT2D eigenvalue weighted by molar-refractivity contribution is 5.69. The van der Waals surface area contributed by atoms with Crippen molar-refractivity contribution in [1.29, 1.82) is 5.26 Å². The van der Waals surface area contributed by atoms with Crippen LogP contribution in [0.4, 0.5) is 22.9 Å². The van der Waals surface area contributed by atoms with Crippen LogP contribution in [0.1, 0.15) is 5.56 Å². The second kappa shape index (κ2) is 7.70. The topological polar surface area (TPSA) is 136 Å². The van der Waals surface area contributed by atoms with Gasteiger partial charge in [0.15, 0.2) is 5.82 Å². The van der Waals surface area contributed by atoms with E-state index in [2.05, 4.69) is 10.1 Å². The first kappa shape index (κ1) is 17.6. The third-order valence-corrected chi connectivity index (χ3v) is 3.38. The van der Waals surface area contributed by atoms with Crippen molar-refractivity contribution in [1.82, 2.24) is 14.8 Å². The molecule has 2 heterocycles. The fourth-order valence-electron chi connectivity index (χ4n) is 1.95. The molecule has 128 valence electrons. The monoisotopic (exact) mass is 336 g/mol. The van der Waals surface area contributed by atoms with E-state index in [-0.39, 0.29) is 0 Å². The lowest BCUT2D eigenvalue weighted by Gasteiger charge is -2.13. The summed E-state index contributed by atoms with van der Waals surface area (Å²) in [5.74, 6) is 0.915. The summed E-state index contributed by atoms with van der Waals surface area (Å²) in [7, 11) is 3.93.